The van der Waals surface area contributed by atoms with E-state index in [1.165, 1.54) is 0 Å². The fraction of sp³-hybridized carbons (Fsp3) is 0.278. The molecule has 1 saturated heterocycles. The summed E-state index contributed by atoms with van der Waals surface area (Å²) >= 11 is 0. The number of nitrogens with one attached hydrogen (secondary N) is 1. The number of ether oxygens (including phenoxy) is 1. The van der Waals surface area contributed by atoms with Gasteiger partial charge in [-0.3, -0.25) is 4.79 Å². The molecule has 11 nitrogen and oxygen atoms in total. The number of aromatic nitrogens is 2. The van der Waals surface area contributed by atoms with Gasteiger partial charge in [0.2, 0.25) is 5.78 Å². The van der Waals surface area contributed by atoms with E-state index in [0.29, 0.717) is 0 Å². The first kappa shape index (κ1) is 18.8. The van der Waals surface area contributed by atoms with Crippen molar-refractivity contribution in [2.75, 3.05) is 0 Å². The van der Waals surface area contributed by atoms with Crippen LogP contribution in [-0.4, -0.2) is 66.3 Å². The maximum Gasteiger partial charge on any atom is 0.354 e. The molecule has 2 aliphatic rings. The molecule has 3 heterocycles. The number of hydrogen-bond donors (Lipinski definition) is 5. The van der Waals surface area contributed by atoms with Crippen molar-refractivity contribution >= 4 is 23.7 Å². The number of carboxylic acid groups (broad SMARTS) is 3. The minimum Gasteiger partial charge on any atom is -0.478 e. The minimum absolute atomic E-state index is 0.154. The number of carbonyl (C=O) groups is 4. The standard InChI is InChI=1S/C18H14N2O9/c1-5-10(29-5)4-18(28)13-11(6(15(22)23)2-9(20-13)17(26)27)12-7(14(18)21)3-8(19-12)16(24)25/h2-3,5,10,19,28H,4H2,1H3,(H,22,23)(H,24,25)(H,26,27). The third kappa shape index (κ3) is 2.70. The summed E-state index contributed by atoms with van der Waals surface area (Å²) in [7, 11) is 0. The zero-order chi connectivity index (χ0) is 21.2. The number of pyridine rings is 1. The molecule has 3 unspecified atom stereocenters. The Bertz CT molecular complexity index is 1120. The van der Waals surface area contributed by atoms with E-state index in [-0.39, 0.29) is 29.3 Å². The zero-order valence-electron chi connectivity index (χ0n) is 14.8. The van der Waals surface area contributed by atoms with Gasteiger partial charge in [-0.25, -0.2) is 19.4 Å². The number of aromatic amines is 1. The van der Waals surface area contributed by atoms with Gasteiger partial charge in [0.05, 0.1) is 29.2 Å². The SMILES string of the molecule is CC1OC1CC1(O)C(=O)c2cc(C(=O)O)[nH]c2-c2c(C(=O)O)cc(C(=O)O)nc21. The Morgan fingerprint density at radius 2 is 1.83 bits per heavy atom. The second-order valence-electron chi connectivity index (χ2n) is 6.94. The van der Waals surface area contributed by atoms with Gasteiger partial charge in [-0.1, -0.05) is 0 Å². The Labute approximate surface area is 161 Å². The van der Waals surface area contributed by atoms with Crippen molar-refractivity contribution in [2.24, 2.45) is 0 Å². The second-order valence-corrected chi connectivity index (χ2v) is 6.94. The quantitative estimate of drug-likeness (QED) is 0.446. The highest BCUT2D eigenvalue weighted by Gasteiger charge is 2.53. The van der Waals surface area contributed by atoms with Crippen LogP contribution < -0.4 is 0 Å². The van der Waals surface area contributed by atoms with E-state index >= 15 is 0 Å². The van der Waals surface area contributed by atoms with Crippen molar-refractivity contribution in [3.63, 3.8) is 0 Å². The molecule has 5 N–H and O–H groups in total. The topological polar surface area (TPSA) is 190 Å². The van der Waals surface area contributed by atoms with E-state index in [2.05, 4.69) is 9.97 Å². The number of nitrogens with zero attached hydrogens (tertiary/aromatic N) is 1. The Balaban J connectivity index is 2.06. The maximum absolute atomic E-state index is 13.1. The van der Waals surface area contributed by atoms with E-state index in [9.17, 15) is 39.6 Å². The van der Waals surface area contributed by atoms with Crippen molar-refractivity contribution in [2.45, 2.75) is 31.2 Å². The number of ketones is 1. The molecule has 2 aromatic rings. The van der Waals surface area contributed by atoms with Gasteiger partial charge < -0.3 is 30.1 Å². The van der Waals surface area contributed by atoms with Crippen molar-refractivity contribution in [3.8, 4) is 11.3 Å². The average molecular weight is 402 g/mol. The van der Waals surface area contributed by atoms with Gasteiger partial charge in [-0.05, 0) is 19.1 Å². The van der Waals surface area contributed by atoms with Crippen molar-refractivity contribution in [1.29, 1.82) is 0 Å². The van der Waals surface area contributed by atoms with Crippen LogP contribution >= 0.6 is 0 Å². The van der Waals surface area contributed by atoms with Gasteiger partial charge in [0.15, 0.2) is 5.60 Å². The molecule has 2 aromatic heterocycles. The van der Waals surface area contributed by atoms with Gasteiger partial charge in [-0.2, -0.15) is 0 Å². The van der Waals surface area contributed by atoms with E-state index in [1.54, 1.807) is 6.92 Å². The lowest BCUT2D eigenvalue weighted by molar-refractivity contribution is 0.0178. The summed E-state index contributed by atoms with van der Waals surface area (Å²) in [5.74, 6) is -5.40. The number of aromatic carboxylic acids is 3. The fourth-order valence-corrected chi connectivity index (χ4v) is 3.58. The molecular formula is C18H14N2O9. The van der Waals surface area contributed by atoms with Crippen LogP contribution in [0.2, 0.25) is 0 Å². The number of fused-ring (bicyclic) bond motifs is 3. The van der Waals surface area contributed by atoms with Gasteiger partial charge in [-0.15, -0.1) is 0 Å². The summed E-state index contributed by atoms with van der Waals surface area (Å²) in [6.07, 6.45) is -1.08. The molecule has 0 radical (unpaired) electrons. The Morgan fingerprint density at radius 3 is 2.34 bits per heavy atom. The first-order chi connectivity index (χ1) is 13.5. The molecule has 1 fully saturated rings. The third-order valence-electron chi connectivity index (χ3n) is 5.11. The van der Waals surface area contributed by atoms with Gasteiger partial charge in [0.25, 0.3) is 0 Å². The van der Waals surface area contributed by atoms with Crippen LogP contribution in [0.4, 0.5) is 0 Å². The Hall–Kier alpha value is -3.57. The highest BCUT2D eigenvalue weighted by Crippen LogP contribution is 2.47. The molecule has 1 aliphatic heterocycles. The molecule has 0 saturated carbocycles. The van der Waals surface area contributed by atoms with E-state index < -0.39 is 58.0 Å². The fourth-order valence-electron chi connectivity index (χ4n) is 3.58. The van der Waals surface area contributed by atoms with Crippen LogP contribution in [0.1, 0.15) is 60.7 Å². The van der Waals surface area contributed by atoms with E-state index in [0.717, 1.165) is 12.1 Å². The second kappa shape index (κ2) is 5.96. The van der Waals surface area contributed by atoms with Crippen LogP contribution in [0.3, 0.4) is 0 Å². The monoisotopic (exact) mass is 402 g/mol. The van der Waals surface area contributed by atoms with Crippen LogP contribution in [0.5, 0.6) is 0 Å². The summed E-state index contributed by atoms with van der Waals surface area (Å²) in [5, 5.41) is 39.5. The summed E-state index contributed by atoms with van der Waals surface area (Å²) in [5.41, 5.74) is -5.07. The molecule has 0 amide bonds. The van der Waals surface area contributed by atoms with Gasteiger partial charge >= 0.3 is 17.9 Å². The molecule has 29 heavy (non-hydrogen) atoms. The van der Waals surface area contributed by atoms with Crippen molar-refractivity contribution < 1.29 is 44.3 Å². The molecular weight excluding hydrogens is 388 g/mol. The predicted octanol–water partition coefficient (Wildman–Crippen LogP) is 0.733. The van der Waals surface area contributed by atoms with Crippen LogP contribution in [0, 0.1) is 0 Å². The summed E-state index contributed by atoms with van der Waals surface area (Å²) < 4.78 is 5.26. The summed E-state index contributed by atoms with van der Waals surface area (Å²) in [6, 6.07) is 1.79. The predicted molar refractivity (Wildman–Crippen MR) is 92.1 cm³/mol. The molecule has 0 aromatic carbocycles. The number of aliphatic hydroxyl groups is 1. The van der Waals surface area contributed by atoms with Gasteiger partial charge in [0.1, 0.15) is 11.4 Å². The molecule has 4 rings (SSSR count). The highest BCUT2D eigenvalue weighted by atomic mass is 16.6. The molecule has 150 valence electrons. The largest absolute Gasteiger partial charge is 0.478 e. The zero-order valence-corrected chi connectivity index (χ0v) is 14.8. The molecule has 11 heteroatoms. The minimum atomic E-state index is -2.38. The van der Waals surface area contributed by atoms with Gasteiger partial charge in [0, 0.05) is 17.5 Å². The molecule has 1 aliphatic carbocycles. The Kier molecular flexibility index (Phi) is 3.86. The number of rotatable bonds is 5. The number of epoxide rings is 1. The number of H-pyrrole nitrogens is 1. The first-order valence-corrected chi connectivity index (χ1v) is 8.46. The molecule has 0 spiro atoms. The van der Waals surface area contributed by atoms with Crippen molar-refractivity contribution in [1.82, 2.24) is 9.97 Å². The smallest absolute Gasteiger partial charge is 0.354 e. The van der Waals surface area contributed by atoms with Crippen LogP contribution in [-0.2, 0) is 10.3 Å². The molecule has 3 atom stereocenters. The summed E-state index contributed by atoms with van der Waals surface area (Å²) in [4.78, 5) is 54.1. The lowest BCUT2D eigenvalue weighted by Gasteiger charge is -2.32. The van der Waals surface area contributed by atoms with E-state index in [4.69, 9.17) is 4.74 Å². The number of hydrogen-bond acceptors (Lipinski definition) is 7. The Morgan fingerprint density at radius 1 is 1.17 bits per heavy atom. The first-order valence-electron chi connectivity index (χ1n) is 8.46. The molecule has 0 bridgehead atoms. The number of carbonyl (C=O) groups excluding carboxylic acids is 1. The number of Topliss-reactive ketones (excluding diaryl/α,β-unsaturated/α-hetero) is 1. The lowest BCUT2D eigenvalue weighted by Crippen LogP contribution is -2.42. The average Bonchev–Trinajstić information content (AvgIpc) is 3.16. The van der Waals surface area contributed by atoms with Crippen LogP contribution in [0.25, 0.3) is 11.3 Å². The summed E-state index contributed by atoms with van der Waals surface area (Å²) in [6.45, 7) is 1.70. The lowest BCUT2D eigenvalue weighted by atomic mass is 9.76. The highest BCUT2D eigenvalue weighted by molar-refractivity contribution is 6.15. The van der Waals surface area contributed by atoms with Crippen molar-refractivity contribution in [3.05, 3.63) is 40.3 Å². The third-order valence-corrected chi connectivity index (χ3v) is 5.11. The van der Waals surface area contributed by atoms with E-state index in [1.807, 2.05) is 0 Å². The normalized spacial score (nSPS) is 24.6. The van der Waals surface area contributed by atoms with Crippen LogP contribution in [0.15, 0.2) is 12.1 Å². The maximum atomic E-state index is 13.1. The number of carboxylic acids is 3.